The number of benzene rings is 3. The van der Waals surface area contributed by atoms with Crippen LogP contribution >= 0.6 is 0 Å². The molecule has 6 rings (SSSR count). The first kappa shape index (κ1) is 16.2. The van der Waals surface area contributed by atoms with Crippen LogP contribution in [-0.4, -0.2) is 9.97 Å². The summed E-state index contributed by atoms with van der Waals surface area (Å²) in [7, 11) is 0. The molecule has 36 heavy (non-hydrogen) atoms. The first-order valence-electron chi connectivity index (χ1n) is 15.4. The van der Waals surface area contributed by atoms with E-state index in [9.17, 15) is 0 Å². The monoisotopic (exact) mass is 656 g/mol. The number of pyridine rings is 2. The average Bonchev–Trinajstić information content (AvgIpc) is 3.00. The van der Waals surface area contributed by atoms with Crippen molar-refractivity contribution in [3.63, 3.8) is 0 Å². The zero-order valence-corrected chi connectivity index (χ0v) is 21.4. The molecule has 1 aliphatic rings. The Morgan fingerprint density at radius 2 is 1.64 bits per heavy atom. The standard InChI is InChI=1S/C20H16NO.C12H10N.Ir/c1-13-10-19(21-11-14(13)2)18-9-5-8-17-16-7-4-3-6-15(16)12-22-20(17)18;1-10-7-8-12(13-9-10)11-5-3-2-4-6-11;/h3-8,10-11H,12H2,1-2H3;2-5,7-9H,1H3;/q2*-1;/i1D3,2D3;1D3;. The van der Waals surface area contributed by atoms with Gasteiger partial charge in [-0.05, 0) is 54.2 Å². The van der Waals surface area contributed by atoms with Crippen LogP contribution in [-0.2, 0) is 26.7 Å². The van der Waals surface area contributed by atoms with Crippen LogP contribution in [0.25, 0.3) is 33.6 Å². The molecule has 0 amide bonds. The third kappa shape index (κ3) is 5.46. The van der Waals surface area contributed by atoms with Crippen molar-refractivity contribution in [3.05, 3.63) is 126 Å². The maximum absolute atomic E-state index is 7.75. The molecule has 0 bridgehead atoms. The van der Waals surface area contributed by atoms with E-state index in [1.165, 1.54) is 12.3 Å². The predicted molar refractivity (Wildman–Crippen MR) is 141 cm³/mol. The van der Waals surface area contributed by atoms with E-state index in [-0.39, 0.29) is 36.8 Å². The van der Waals surface area contributed by atoms with E-state index < -0.39 is 20.6 Å². The summed E-state index contributed by atoms with van der Waals surface area (Å²) in [5.74, 6) is 0.562. The van der Waals surface area contributed by atoms with E-state index in [4.69, 9.17) is 17.1 Å². The first-order valence-corrected chi connectivity index (χ1v) is 10.9. The molecule has 181 valence electrons. The fourth-order valence-electron chi connectivity index (χ4n) is 3.79. The molecule has 0 spiro atoms. The average molecular weight is 656 g/mol. The number of hydrogen-bond acceptors (Lipinski definition) is 3. The summed E-state index contributed by atoms with van der Waals surface area (Å²) >= 11 is 0. The van der Waals surface area contributed by atoms with E-state index in [2.05, 4.69) is 22.1 Å². The van der Waals surface area contributed by atoms with Crippen molar-refractivity contribution in [2.24, 2.45) is 0 Å². The second-order valence-corrected chi connectivity index (χ2v) is 7.86. The van der Waals surface area contributed by atoms with E-state index in [1.807, 2.05) is 48.5 Å². The molecule has 0 atom stereocenters. The van der Waals surface area contributed by atoms with Gasteiger partial charge in [0.2, 0.25) is 0 Å². The third-order valence-electron chi connectivity index (χ3n) is 5.54. The first-order chi connectivity index (χ1) is 20.7. The van der Waals surface area contributed by atoms with Gasteiger partial charge in [0.15, 0.2) is 0 Å². The molecule has 2 aromatic heterocycles. The quantitative estimate of drug-likeness (QED) is 0.184. The Bertz CT molecular complexity index is 1770. The van der Waals surface area contributed by atoms with Crippen molar-refractivity contribution in [2.45, 2.75) is 27.2 Å². The van der Waals surface area contributed by atoms with Gasteiger partial charge in [0.1, 0.15) is 6.61 Å². The summed E-state index contributed by atoms with van der Waals surface area (Å²) in [4.78, 5) is 8.36. The Morgan fingerprint density at radius 1 is 0.778 bits per heavy atom. The molecule has 0 N–H and O–H groups in total. The predicted octanol–water partition coefficient (Wildman–Crippen LogP) is 7.58. The summed E-state index contributed by atoms with van der Waals surface area (Å²) in [6.07, 6.45) is 2.51. The zero-order chi connectivity index (χ0) is 31.7. The van der Waals surface area contributed by atoms with Crippen molar-refractivity contribution < 1.29 is 37.2 Å². The number of aryl methyl sites for hydroxylation is 3. The molecular weight excluding hydrogens is 621 g/mol. The van der Waals surface area contributed by atoms with Crippen LogP contribution < -0.4 is 4.74 Å². The molecule has 3 heterocycles. The number of ether oxygens (including phenoxy) is 1. The molecule has 4 heteroatoms. The second-order valence-electron chi connectivity index (χ2n) is 7.86. The van der Waals surface area contributed by atoms with Crippen LogP contribution in [0.15, 0.2) is 91.3 Å². The summed E-state index contributed by atoms with van der Waals surface area (Å²) in [6, 6.07) is 29.7. The third-order valence-corrected chi connectivity index (χ3v) is 5.54. The molecule has 3 nitrogen and oxygen atoms in total. The largest absolute Gasteiger partial charge is 0.532 e. The zero-order valence-electron chi connectivity index (χ0n) is 28.0. The molecule has 0 fully saturated rings. The van der Waals surface area contributed by atoms with Gasteiger partial charge >= 0.3 is 0 Å². The maximum atomic E-state index is 7.75. The number of rotatable bonds is 2. The van der Waals surface area contributed by atoms with Gasteiger partial charge in [-0.25, -0.2) is 0 Å². The van der Waals surface area contributed by atoms with Gasteiger partial charge < -0.3 is 14.7 Å². The van der Waals surface area contributed by atoms with Gasteiger partial charge in [-0.2, -0.15) is 0 Å². The fraction of sp³-hybridized carbons (Fsp3) is 0.125. The smallest absolute Gasteiger partial charge is 0.101 e. The molecule has 1 aliphatic heterocycles. The SMILES string of the molecule is [2H]C([2H])([2H])c1ccc(-c2[c-]cccc2)nc1.[2H]C([2H])([2H])c1cnc(-c2[c-]ccc3c2OCc2ccccc2-3)cc1C([2H])([2H])[2H].[Ir]. The molecule has 1 radical (unpaired) electrons. The van der Waals surface area contributed by atoms with Crippen LogP contribution in [0.1, 0.15) is 34.6 Å². The van der Waals surface area contributed by atoms with Crippen molar-refractivity contribution in [1.82, 2.24) is 9.97 Å². The number of nitrogens with zero attached hydrogens (tertiary/aromatic N) is 2. The Hall–Kier alpha value is -3.59. The Labute approximate surface area is 239 Å². The fourth-order valence-corrected chi connectivity index (χ4v) is 3.79. The minimum atomic E-state index is -2.58. The van der Waals surface area contributed by atoms with Crippen molar-refractivity contribution >= 4 is 0 Å². The van der Waals surface area contributed by atoms with E-state index in [0.717, 1.165) is 34.1 Å². The van der Waals surface area contributed by atoms with Gasteiger partial charge in [-0.3, -0.25) is 0 Å². The van der Waals surface area contributed by atoms with Gasteiger partial charge in [0.25, 0.3) is 0 Å². The Morgan fingerprint density at radius 3 is 2.42 bits per heavy atom. The van der Waals surface area contributed by atoms with E-state index in [1.54, 1.807) is 24.3 Å². The van der Waals surface area contributed by atoms with Crippen molar-refractivity contribution in [1.29, 1.82) is 0 Å². The van der Waals surface area contributed by atoms with Crippen molar-refractivity contribution in [3.8, 4) is 39.4 Å². The molecule has 0 unspecified atom stereocenters. The summed E-state index contributed by atoms with van der Waals surface area (Å²) in [6.45, 7) is -6.85. The van der Waals surface area contributed by atoms with Gasteiger partial charge in [0, 0.05) is 50.6 Å². The van der Waals surface area contributed by atoms with Gasteiger partial charge in [0.05, 0.1) is 0 Å². The molecule has 3 aromatic carbocycles. The van der Waals surface area contributed by atoms with Crippen molar-refractivity contribution in [2.75, 3.05) is 0 Å². The second kappa shape index (κ2) is 11.4. The van der Waals surface area contributed by atoms with Gasteiger partial charge in [-0.1, -0.05) is 59.2 Å². The van der Waals surface area contributed by atoms with E-state index >= 15 is 0 Å². The topological polar surface area (TPSA) is 35.0 Å². The maximum Gasteiger partial charge on any atom is 0.101 e. The number of fused-ring (bicyclic) bond motifs is 3. The minimum absolute atomic E-state index is 0. The molecular formula is C32H26IrN2O-2. The van der Waals surface area contributed by atoms with Crippen LogP contribution in [0.3, 0.4) is 0 Å². The van der Waals surface area contributed by atoms with E-state index in [0.29, 0.717) is 23.6 Å². The Kier molecular flexibility index (Phi) is 5.15. The number of aromatic nitrogens is 2. The molecule has 0 aliphatic carbocycles. The van der Waals surface area contributed by atoms with Crippen LogP contribution in [0.4, 0.5) is 0 Å². The molecule has 5 aromatic rings. The summed E-state index contributed by atoms with van der Waals surface area (Å²) in [5.41, 5.74) is 5.13. The van der Waals surface area contributed by atoms with Crippen LogP contribution in [0, 0.1) is 32.7 Å². The van der Waals surface area contributed by atoms with Crippen LogP contribution in [0.2, 0.25) is 0 Å². The van der Waals surface area contributed by atoms with Gasteiger partial charge in [-0.15, -0.1) is 54.1 Å². The normalized spacial score (nSPS) is 15.8. The summed E-state index contributed by atoms with van der Waals surface area (Å²) in [5, 5.41) is 0. The Balaban J connectivity index is 0.000000231. The van der Waals surface area contributed by atoms with Crippen LogP contribution in [0.5, 0.6) is 5.75 Å². The minimum Gasteiger partial charge on any atom is -0.532 e. The molecule has 0 saturated heterocycles. The molecule has 0 saturated carbocycles. The number of hydrogen-bond donors (Lipinski definition) is 0. The summed E-state index contributed by atoms with van der Waals surface area (Å²) < 4.78 is 73.7.